The van der Waals surface area contributed by atoms with Crippen LogP contribution in [0.4, 0.5) is 0 Å². The Morgan fingerprint density at radius 3 is 2.80 bits per heavy atom. The van der Waals surface area contributed by atoms with Crippen LogP contribution in [-0.4, -0.2) is 22.0 Å². The quantitative estimate of drug-likeness (QED) is 0.795. The minimum Gasteiger partial charge on any atom is -0.350 e. The second-order valence-electron chi connectivity index (χ2n) is 6.21. The summed E-state index contributed by atoms with van der Waals surface area (Å²) in [5.41, 5.74) is 1.22. The van der Waals surface area contributed by atoms with Crippen molar-refractivity contribution in [3.63, 3.8) is 0 Å². The van der Waals surface area contributed by atoms with Crippen molar-refractivity contribution in [2.45, 2.75) is 38.1 Å². The van der Waals surface area contributed by atoms with E-state index in [-0.39, 0.29) is 11.5 Å². The maximum absolute atomic E-state index is 12.2. The molecule has 0 radical (unpaired) electrons. The molecule has 0 unspecified atom stereocenters. The number of carbonyl (C=O) groups is 1. The number of carbonyl (C=O) groups excluding carboxylic acids is 1. The average molecular weight is 425 g/mol. The minimum atomic E-state index is -0.269. The van der Waals surface area contributed by atoms with Crippen LogP contribution < -0.4 is 10.9 Å². The van der Waals surface area contributed by atoms with Crippen LogP contribution in [0.2, 0.25) is 5.02 Å². The van der Waals surface area contributed by atoms with Crippen LogP contribution in [0.25, 0.3) is 0 Å². The molecule has 0 atom stereocenters. The lowest BCUT2D eigenvalue weighted by molar-refractivity contribution is 0.0952. The van der Waals surface area contributed by atoms with Crippen LogP contribution in [0.3, 0.4) is 0 Å². The summed E-state index contributed by atoms with van der Waals surface area (Å²) in [5, 5.41) is 3.17. The summed E-state index contributed by atoms with van der Waals surface area (Å²) in [4.78, 5) is 28.9. The zero-order chi connectivity index (χ0) is 17.8. The zero-order valence-corrected chi connectivity index (χ0v) is 16.0. The van der Waals surface area contributed by atoms with Crippen LogP contribution in [0.15, 0.2) is 39.9 Å². The fraction of sp³-hybridized carbons (Fsp3) is 0.389. The molecule has 1 aromatic heterocycles. The first-order valence-corrected chi connectivity index (χ1v) is 9.51. The lowest BCUT2D eigenvalue weighted by atomic mass is 10.0. The molecule has 132 valence electrons. The van der Waals surface area contributed by atoms with Gasteiger partial charge in [-0.15, -0.1) is 0 Å². The summed E-state index contributed by atoms with van der Waals surface area (Å²) < 4.78 is 2.30. The van der Waals surface area contributed by atoms with Crippen molar-refractivity contribution in [3.05, 3.63) is 61.7 Å². The predicted molar refractivity (Wildman–Crippen MR) is 101 cm³/mol. The van der Waals surface area contributed by atoms with Crippen LogP contribution >= 0.6 is 27.5 Å². The summed E-state index contributed by atoms with van der Waals surface area (Å²) in [7, 11) is 0. The van der Waals surface area contributed by atoms with Crippen molar-refractivity contribution in [1.29, 1.82) is 0 Å². The van der Waals surface area contributed by atoms with Gasteiger partial charge in [0.1, 0.15) is 0 Å². The van der Waals surface area contributed by atoms with Gasteiger partial charge in [-0.05, 0) is 31.0 Å². The van der Waals surface area contributed by atoms with Gasteiger partial charge in [-0.2, -0.15) is 0 Å². The molecule has 3 rings (SSSR count). The maximum atomic E-state index is 12.2. The molecule has 1 aliphatic carbocycles. The molecule has 1 heterocycles. The van der Waals surface area contributed by atoms with E-state index in [2.05, 4.69) is 26.2 Å². The molecule has 0 aliphatic heterocycles. The van der Waals surface area contributed by atoms with Crippen molar-refractivity contribution >= 4 is 33.4 Å². The molecule has 1 aromatic carbocycles. The number of aromatic nitrogens is 2. The average Bonchev–Trinajstić information content (AvgIpc) is 3.13. The molecule has 2 aromatic rings. The van der Waals surface area contributed by atoms with E-state index in [9.17, 15) is 9.59 Å². The maximum Gasteiger partial charge on any atom is 0.253 e. The van der Waals surface area contributed by atoms with E-state index < -0.39 is 0 Å². The van der Waals surface area contributed by atoms with Gasteiger partial charge in [0.25, 0.3) is 11.5 Å². The van der Waals surface area contributed by atoms with Crippen molar-refractivity contribution in [2.24, 2.45) is 0 Å². The first-order chi connectivity index (χ1) is 12.0. The van der Waals surface area contributed by atoms with Crippen molar-refractivity contribution in [1.82, 2.24) is 14.9 Å². The highest BCUT2D eigenvalue weighted by molar-refractivity contribution is 9.10. The second kappa shape index (κ2) is 8.15. The second-order valence-corrected chi connectivity index (χ2v) is 7.53. The highest BCUT2D eigenvalue weighted by Gasteiger charge is 2.19. The Balaban J connectivity index is 1.59. The molecule has 0 bridgehead atoms. The van der Waals surface area contributed by atoms with Crippen LogP contribution in [0.1, 0.15) is 47.7 Å². The summed E-state index contributed by atoms with van der Waals surface area (Å²) >= 11 is 9.37. The molecule has 0 spiro atoms. The number of benzene rings is 1. The Labute approximate surface area is 159 Å². The number of nitrogens with zero attached hydrogens (tertiary/aromatic N) is 2. The van der Waals surface area contributed by atoms with Gasteiger partial charge in [0.2, 0.25) is 0 Å². The Bertz CT molecular complexity index is 831. The molecule has 1 aliphatic rings. The molecule has 25 heavy (non-hydrogen) atoms. The Morgan fingerprint density at radius 2 is 2.08 bits per heavy atom. The fourth-order valence-electron chi connectivity index (χ4n) is 3.11. The van der Waals surface area contributed by atoms with Gasteiger partial charge in [-0.3, -0.25) is 14.2 Å². The molecule has 1 N–H and O–H groups in total. The molecule has 0 saturated heterocycles. The van der Waals surface area contributed by atoms with Crippen LogP contribution in [-0.2, 0) is 6.54 Å². The smallest absolute Gasteiger partial charge is 0.253 e. The number of halogens is 2. The topological polar surface area (TPSA) is 64.0 Å². The normalized spacial score (nSPS) is 14.6. The lowest BCUT2D eigenvalue weighted by Gasteiger charge is -2.11. The highest BCUT2D eigenvalue weighted by atomic mass is 79.9. The molecule has 1 amide bonds. The molecular formula is C18H19BrClN3O2. The van der Waals surface area contributed by atoms with Gasteiger partial charge in [-0.1, -0.05) is 40.4 Å². The molecule has 1 fully saturated rings. The standard InChI is InChI=1S/C18H19BrClN3O2/c19-13-5-6-15(20)14(9-13)18(25)21-7-8-23-11-22-16(10-17(23)24)12-3-1-2-4-12/h5-6,9-12H,1-4,7-8H2,(H,21,25). The first kappa shape index (κ1) is 18.1. The molecule has 5 nitrogen and oxygen atoms in total. The van der Waals surface area contributed by atoms with Gasteiger partial charge in [0.05, 0.1) is 22.6 Å². The van der Waals surface area contributed by atoms with Crippen LogP contribution in [0.5, 0.6) is 0 Å². The number of rotatable bonds is 5. The highest BCUT2D eigenvalue weighted by Crippen LogP contribution is 2.32. The lowest BCUT2D eigenvalue weighted by Crippen LogP contribution is -2.31. The third kappa shape index (κ3) is 4.50. The number of hydrogen-bond acceptors (Lipinski definition) is 3. The van der Waals surface area contributed by atoms with E-state index in [0.717, 1.165) is 23.0 Å². The van der Waals surface area contributed by atoms with E-state index in [4.69, 9.17) is 11.6 Å². The fourth-order valence-corrected chi connectivity index (χ4v) is 3.67. The van der Waals surface area contributed by atoms with E-state index in [1.165, 1.54) is 17.4 Å². The van der Waals surface area contributed by atoms with E-state index >= 15 is 0 Å². The molecule has 7 heteroatoms. The first-order valence-electron chi connectivity index (χ1n) is 8.34. The number of nitrogens with one attached hydrogen (secondary N) is 1. The Kier molecular flexibility index (Phi) is 5.91. The number of amides is 1. The summed E-state index contributed by atoms with van der Waals surface area (Å²) in [5.74, 6) is 0.149. The van der Waals surface area contributed by atoms with E-state index in [0.29, 0.717) is 29.6 Å². The summed E-state index contributed by atoms with van der Waals surface area (Å²) in [6.45, 7) is 0.695. The summed E-state index contributed by atoms with van der Waals surface area (Å²) in [6, 6.07) is 6.73. The van der Waals surface area contributed by atoms with E-state index in [1.807, 2.05) is 0 Å². The predicted octanol–water partition coefficient (Wildman–Crippen LogP) is 3.75. The third-order valence-corrected chi connectivity index (χ3v) is 5.31. The van der Waals surface area contributed by atoms with Gasteiger partial charge in [0.15, 0.2) is 0 Å². The number of hydrogen-bond donors (Lipinski definition) is 1. The van der Waals surface area contributed by atoms with Gasteiger partial charge in [0, 0.05) is 29.5 Å². The van der Waals surface area contributed by atoms with Gasteiger partial charge in [-0.25, -0.2) is 4.98 Å². The largest absolute Gasteiger partial charge is 0.350 e. The van der Waals surface area contributed by atoms with Crippen molar-refractivity contribution in [3.8, 4) is 0 Å². The van der Waals surface area contributed by atoms with E-state index in [1.54, 1.807) is 30.6 Å². The Morgan fingerprint density at radius 1 is 1.32 bits per heavy atom. The zero-order valence-electron chi connectivity index (χ0n) is 13.7. The SMILES string of the molecule is O=C(NCCn1cnc(C2CCCC2)cc1=O)c1cc(Br)ccc1Cl. The molecule has 1 saturated carbocycles. The van der Waals surface area contributed by atoms with Crippen LogP contribution in [0, 0.1) is 0 Å². The summed E-state index contributed by atoms with van der Waals surface area (Å²) in [6.07, 6.45) is 6.22. The minimum absolute atomic E-state index is 0.0772. The monoisotopic (exact) mass is 423 g/mol. The third-order valence-electron chi connectivity index (χ3n) is 4.49. The van der Waals surface area contributed by atoms with Gasteiger partial charge >= 0.3 is 0 Å². The van der Waals surface area contributed by atoms with Crippen molar-refractivity contribution < 1.29 is 4.79 Å². The van der Waals surface area contributed by atoms with Gasteiger partial charge < -0.3 is 5.32 Å². The Hall–Kier alpha value is -1.66. The van der Waals surface area contributed by atoms with Crippen molar-refractivity contribution in [2.75, 3.05) is 6.54 Å². The molecular weight excluding hydrogens is 406 g/mol.